The summed E-state index contributed by atoms with van der Waals surface area (Å²) in [6, 6.07) is 13.6. The van der Waals surface area contributed by atoms with E-state index in [4.69, 9.17) is 9.47 Å². The van der Waals surface area contributed by atoms with Crippen LogP contribution in [0.1, 0.15) is 32.3 Å². The van der Waals surface area contributed by atoms with Crippen LogP contribution in [0.2, 0.25) is 0 Å². The quantitative estimate of drug-likeness (QED) is 0.579. The number of aromatic amines is 1. The van der Waals surface area contributed by atoms with Gasteiger partial charge in [-0.15, -0.1) is 0 Å². The Morgan fingerprint density at radius 1 is 0.967 bits per heavy atom. The molecular weight excluding hydrogens is 374 g/mol. The van der Waals surface area contributed by atoms with Gasteiger partial charge in [-0.2, -0.15) is 0 Å². The number of fused-ring (bicyclic) bond motifs is 1. The van der Waals surface area contributed by atoms with Crippen LogP contribution in [0.4, 0.5) is 5.69 Å². The van der Waals surface area contributed by atoms with Crippen molar-refractivity contribution in [1.29, 1.82) is 0 Å². The van der Waals surface area contributed by atoms with Crippen molar-refractivity contribution >= 4 is 16.6 Å². The lowest BCUT2D eigenvalue weighted by Gasteiger charge is -2.35. The first-order chi connectivity index (χ1) is 14.7. The number of benzene rings is 2. The number of nitrogens with zero attached hydrogens (tertiary/aromatic N) is 1. The molecule has 0 saturated carbocycles. The van der Waals surface area contributed by atoms with Gasteiger partial charge in [0.1, 0.15) is 0 Å². The minimum atomic E-state index is 0.614. The second-order valence-corrected chi connectivity index (χ2v) is 7.90. The Hall–Kier alpha value is -2.66. The van der Waals surface area contributed by atoms with Crippen LogP contribution < -0.4 is 19.7 Å². The maximum atomic E-state index is 5.53. The van der Waals surface area contributed by atoms with E-state index in [-0.39, 0.29) is 0 Å². The average molecular weight is 408 g/mol. The van der Waals surface area contributed by atoms with Gasteiger partial charge in [0.25, 0.3) is 0 Å². The van der Waals surface area contributed by atoms with Gasteiger partial charge in [-0.3, -0.25) is 0 Å². The minimum Gasteiger partial charge on any atom is -0.493 e. The summed E-state index contributed by atoms with van der Waals surface area (Å²) in [4.78, 5) is 6.23. The SMILES string of the molecule is CCc1c(-c2ccc(OC)c(OC)c2)[nH]c2ccc(N(CC)C3CCNCC3)cc12. The van der Waals surface area contributed by atoms with Gasteiger partial charge in [0.15, 0.2) is 11.5 Å². The molecule has 0 bridgehead atoms. The molecule has 2 aromatic carbocycles. The van der Waals surface area contributed by atoms with Crippen LogP contribution in [0.5, 0.6) is 11.5 Å². The molecule has 1 aliphatic rings. The molecule has 1 saturated heterocycles. The number of anilines is 1. The monoisotopic (exact) mass is 407 g/mol. The zero-order valence-electron chi connectivity index (χ0n) is 18.5. The molecule has 1 aromatic heterocycles. The van der Waals surface area contributed by atoms with Gasteiger partial charge >= 0.3 is 0 Å². The molecule has 160 valence electrons. The van der Waals surface area contributed by atoms with E-state index in [1.807, 2.05) is 6.07 Å². The number of ether oxygens (including phenoxy) is 2. The highest BCUT2D eigenvalue weighted by Gasteiger charge is 2.21. The number of nitrogens with one attached hydrogen (secondary N) is 2. The van der Waals surface area contributed by atoms with Crippen molar-refractivity contribution in [3.8, 4) is 22.8 Å². The van der Waals surface area contributed by atoms with Crippen LogP contribution in [0, 0.1) is 0 Å². The van der Waals surface area contributed by atoms with E-state index in [0.717, 1.165) is 48.8 Å². The van der Waals surface area contributed by atoms with E-state index >= 15 is 0 Å². The van der Waals surface area contributed by atoms with Gasteiger partial charge < -0.3 is 24.7 Å². The Balaban J connectivity index is 1.76. The number of aryl methyl sites for hydroxylation is 1. The number of piperidine rings is 1. The van der Waals surface area contributed by atoms with Crippen LogP contribution in [0.15, 0.2) is 36.4 Å². The van der Waals surface area contributed by atoms with Gasteiger partial charge in [-0.1, -0.05) is 6.92 Å². The van der Waals surface area contributed by atoms with E-state index in [0.29, 0.717) is 6.04 Å². The molecule has 0 unspecified atom stereocenters. The van der Waals surface area contributed by atoms with Gasteiger partial charge in [0, 0.05) is 40.4 Å². The van der Waals surface area contributed by atoms with Crippen LogP contribution >= 0.6 is 0 Å². The minimum absolute atomic E-state index is 0.614. The number of rotatable bonds is 7. The normalized spacial score (nSPS) is 14.8. The molecule has 0 radical (unpaired) electrons. The molecule has 0 atom stereocenters. The van der Waals surface area contributed by atoms with Crippen molar-refractivity contribution in [2.75, 3.05) is 38.8 Å². The molecule has 5 heteroatoms. The van der Waals surface area contributed by atoms with Gasteiger partial charge in [0.2, 0.25) is 0 Å². The molecule has 4 rings (SSSR count). The molecule has 2 N–H and O–H groups in total. The smallest absolute Gasteiger partial charge is 0.161 e. The molecule has 2 heterocycles. The summed E-state index contributed by atoms with van der Waals surface area (Å²) < 4.78 is 10.9. The third kappa shape index (κ3) is 3.74. The van der Waals surface area contributed by atoms with Gasteiger partial charge in [0.05, 0.1) is 14.2 Å². The lowest BCUT2D eigenvalue weighted by atomic mass is 10.0. The standard InChI is InChI=1S/C25H33N3O2/c1-5-20-21-16-19(28(6-2)18-11-13-26-14-12-18)8-9-22(21)27-25(20)17-7-10-23(29-3)24(15-17)30-4/h7-10,15-16,18,26-27H,5-6,11-14H2,1-4H3. The van der Waals surface area contributed by atoms with Crippen molar-refractivity contribution in [1.82, 2.24) is 10.3 Å². The molecule has 3 aromatic rings. The molecule has 0 aliphatic carbocycles. The second-order valence-electron chi connectivity index (χ2n) is 7.90. The van der Waals surface area contributed by atoms with E-state index in [9.17, 15) is 0 Å². The van der Waals surface area contributed by atoms with E-state index in [1.165, 1.54) is 35.0 Å². The zero-order valence-corrected chi connectivity index (χ0v) is 18.5. The second kappa shape index (κ2) is 9.00. The third-order valence-corrected chi connectivity index (χ3v) is 6.34. The first-order valence-electron chi connectivity index (χ1n) is 11.0. The first-order valence-corrected chi connectivity index (χ1v) is 11.0. The van der Waals surface area contributed by atoms with Crippen molar-refractivity contribution in [3.63, 3.8) is 0 Å². The van der Waals surface area contributed by atoms with Crippen molar-refractivity contribution in [2.45, 2.75) is 39.2 Å². The summed E-state index contributed by atoms with van der Waals surface area (Å²) in [7, 11) is 3.35. The van der Waals surface area contributed by atoms with Crippen LogP contribution in [0.25, 0.3) is 22.2 Å². The van der Waals surface area contributed by atoms with Gasteiger partial charge in [-0.05, 0) is 81.2 Å². The Morgan fingerprint density at radius 2 is 1.73 bits per heavy atom. The maximum Gasteiger partial charge on any atom is 0.161 e. The Labute approximate surface area is 179 Å². The largest absolute Gasteiger partial charge is 0.493 e. The summed E-state index contributed by atoms with van der Waals surface area (Å²) in [5, 5.41) is 4.79. The fourth-order valence-electron chi connectivity index (χ4n) is 4.79. The maximum absolute atomic E-state index is 5.53. The predicted octanol–water partition coefficient (Wildman–Crippen LogP) is 4.99. The zero-order chi connectivity index (χ0) is 21.1. The summed E-state index contributed by atoms with van der Waals surface area (Å²) >= 11 is 0. The highest BCUT2D eigenvalue weighted by atomic mass is 16.5. The molecular formula is C25H33N3O2. The fraction of sp³-hybridized carbons (Fsp3) is 0.440. The molecule has 30 heavy (non-hydrogen) atoms. The predicted molar refractivity (Wildman–Crippen MR) is 125 cm³/mol. The Morgan fingerprint density at radius 3 is 2.40 bits per heavy atom. The molecule has 0 amide bonds. The van der Waals surface area contributed by atoms with Crippen LogP contribution in [-0.2, 0) is 6.42 Å². The summed E-state index contributed by atoms with van der Waals surface area (Å²) in [6.45, 7) is 7.74. The van der Waals surface area contributed by atoms with Crippen molar-refractivity contribution in [3.05, 3.63) is 42.0 Å². The number of hydrogen-bond donors (Lipinski definition) is 2. The lowest BCUT2D eigenvalue weighted by Crippen LogP contribution is -2.43. The van der Waals surface area contributed by atoms with Crippen molar-refractivity contribution in [2.24, 2.45) is 0 Å². The fourth-order valence-corrected chi connectivity index (χ4v) is 4.79. The number of hydrogen-bond acceptors (Lipinski definition) is 4. The third-order valence-electron chi connectivity index (χ3n) is 6.34. The highest BCUT2D eigenvalue weighted by molar-refractivity contribution is 5.93. The number of methoxy groups -OCH3 is 2. The number of aromatic nitrogens is 1. The highest BCUT2D eigenvalue weighted by Crippen LogP contribution is 2.37. The molecule has 0 spiro atoms. The lowest BCUT2D eigenvalue weighted by molar-refractivity contribution is 0.355. The molecule has 1 fully saturated rings. The van der Waals surface area contributed by atoms with E-state index in [2.05, 4.69) is 59.4 Å². The van der Waals surface area contributed by atoms with E-state index in [1.54, 1.807) is 14.2 Å². The van der Waals surface area contributed by atoms with Crippen LogP contribution in [-0.4, -0.2) is 44.9 Å². The topological polar surface area (TPSA) is 49.5 Å². The summed E-state index contributed by atoms with van der Waals surface area (Å²) in [6.07, 6.45) is 3.37. The Kier molecular flexibility index (Phi) is 6.18. The van der Waals surface area contributed by atoms with Crippen LogP contribution in [0.3, 0.4) is 0 Å². The first kappa shape index (κ1) is 20.6. The average Bonchev–Trinajstić information content (AvgIpc) is 3.17. The summed E-state index contributed by atoms with van der Waals surface area (Å²) in [5.74, 6) is 1.50. The van der Waals surface area contributed by atoms with Crippen molar-refractivity contribution < 1.29 is 9.47 Å². The van der Waals surface area contributed by atoms with E-state index < -0.39 is 0 Å². The summed E-state index contributed by atoms with van der Waals surface area (Å²) in [5.41, 5.74) is 6.13. The Bertz CT molecular complexity index is 1010. The molecule has 5 nitrogen and oxygen atoms in total. The number of H-pyrrole nitrogens is 1. The molecule has 1 aliphatic heterocycles. The van der Waals surface area contributed by atoms with Gasteiger partial charge in [-0.25, -0.2) is 0 Å².